The predicted molar refractivity (Wildman–Crippen MR) is 112 cm³/mol. The third-order valence-electron chi connectivity index (χ3n) is 5.07. The number of thiophene rings is 1. The summed E-state index contributed by atoms with van der Waals surface area (Å²) in [7, 11) is 0. The van der Waals surface area contributed by atoms with Gasteiger partial charge in [0.05, 0.1) is 16.3 Å². The molecule has 1 aliphatic heterocycles. The van der Waals surface area contributed by atoms with E-state index in [0.29, 0.717) is 18.8 Å². The Bertz CT molecular complexity index is 1080. The highest BCUT2D eigenvalue weighted by molar-refractivity contribution is 7.13. The molecule has 0 aliphatic carbocycles. The van der Waals surface area contributed by atoms with E-state index in [1.54, 1.807) is 29.2 Å². The van der Waals surface area contributed by atoms with Crippen molar-refractivity contribution in [3.63, 3.8) is 0 Å². The van der Waals surface area contributed by atoms with Gasteiger partial charge >= 0.3 is 0 Å². The van der Waals surface area contributed by atoms with Crippen LogP contribution < -0.4 is 5.56 Å². The van der Waals surface area contributed by atoms with E-state index in [1.807, 2.05) is 24.4 Å². The number of rotatable bonds is 4. The third kappa shape index (κ3) is 4.42. The van der Waals surface area contributed by atoms with E-state index in [4.69, 9.17) is 4.98 Å². The van der Waals surface area contributed by atoms with Gasteiger partial charge in [-0.25, -0.2) is 14.6 Å². The van der Waals surface area contributed by atoms with E-state index in [-0.39, 0.29) is 23.9 Å². The summed E-state index contributed by atoms with van der Waals surface area (Å²) in [5.74, 6) is 0.784. The predicted octanol–water partition coefficient (Wildman–Crippen LogP) is 2.78. The number of piperidine rings is 1. The van der Waals surface area contributed by atoms with Gasteiger partial charge < -0.3 is 4.90 Å². The van der Waals surface area contributed by atoms with Gasteiger partial charge in [-0.2, -0.15) is 5.10 Å². The number of carbonyl (C=O) groups excluding carboxylic acids is 1. The van der Waals surface area contributed by atoms with Crippen molar-refractivity contribution in [1.29, 1.82) is 0 Å². The van der Waals surface area contributed by atoms with Crippen molar-refractivity contribution in [3.05, 3.63) is 63.3 Å². The van der Waals surface area contributed by atoms with Crippen molar-refractivity contribution in [1.82, 2.24) is 24.6 Å². The first-order valence-corrected chi connectivity index (χ1v) is 10.6. The Morgan fingerprint density at radius 2 is 2.07 bits per heavy atom. The maximum Gasteiger partial charge on any atom is 0.267 e. The molecule has 29 heavy (non-hydrogen) atoms. The van der Waals surface area contributed by atoms with Crippen molar-refractivity contribution in [2.45, 2.75) is 39.2 Å². The van der Waals surface area contributed by atoms with Crippen LogP contribution in [0.25, 0.3) is 10.6 Å². The minimum Gasteiger partial charge on any atom is -0.340 e. The molecule has 1 unspecified atom stereocenters. The molecular formula is C21H23N5O2S. The summed E-state index contributed by atoms with van der Waals surface area (Å²) in [4.78, 5) is 37.2. The number of hydrogen-bond donors (Lipinski definition) is 0. The normalized spacial score (nSPS) is 16.8. The van der Waals surface area contributed by atoms with Crippen molar-refractivity contribution < 1.29 is 4.79 Å². The van der Waals surface area contributed by atoms with Gasteiger partial charge in [0.1, 0.15) is 12.4 Å². The van der Waals surface area contributed by atoms with Gasteiger partial charge in [-0.3, -0.25) is 9.59 Å². The topological polar surface area (TPSA) is 81.0 Å². The van der Waals surface area contributed by atoms with Crippen LogP contribution in [0.1, 0.15) is 36.0 Å². The Kier molecular flexibility index (Phi) is 5.53. The highest BCUT2D eigenvalue weighted by atomic mass is 32.1. The molecule has 4 rings (SSSR count). The van der Waals surface area contributed by atoms with Crippen LogP contribution in [0, 0.1) is 13.8 Å². The number of amides is 1. The number of hydrogen-bond acceptors (Lipinski definition) is 6. The quantitative estimate of drug-likeness (QED) is 0.662. The Balaban J connectivity index is 1.52. The van der Waals surface area contributed by atoms with Crippen LogP contribution in [0.15, 0.2) is 40.5 Å². The van der Waals surface area contributed by atoms with Gasteiger partial charge in [-0.1, -0.05) is 6.07 Å². The van der Waals surface area contributed by atoms with Gasteiger partial charge in [0, 0.05) is 30.8 Å². The average molecular weight is 410 g/mol. The number of carbonyl (C=O) groups is 1. The molecule has 0 aromatic carbocycles. The van der Waals surface area contributed by atoms with E-state index >= 15 is 0 Å². The highest BCUT2D eigenvalue weighted by Crippen LogP contribution is 2.28. The minimum atomic E-state index is -0.264. The lowest BCUT2D eigenvalue weighted by molar-refractivity contribution is -0.133. The smallest absolute Gasteiger partial charge is 0.267 e. The fourth-order valence-electron chi connectivity index (χ4n) is 3.63. The summed E-state index contributed by atoms with van der Waals surface area (Å²) >= 11 is 1.66. The van der Waals surface area contributed by atoms with Crippen LogP contribution in [0.5, 0.6) is 0 Å². The van der Waals surface area contributed by atoms with Crippen LogP contribution in [0.4, 0.5) is 0 Å². The van der Waals surface area contributed by atoms with Crippen LogP contribution >= 0.6 is 11.3 Å². The molecular weight excluding hydrogens is 386 g/mol. The molecule has 150 valence electrons. The fourth-order valence-corrected chi connectivity index (χ4v) is 4.32. The lowest BCUT2D eigenvalue weighted by Crippen LogP contribution is -2.42. The van der Waals surface area contributed by atoms with Crippen LogP contribution in [0.2, 0.25) is 0 Å². The lowest BCUT2D eigenvalue weighted by atomic mass is 9.96. The molecule has 0 spiro atoms. The third-order valence-corrected chi connectivity index (χ3v) is 5.96. The summed E-state index contributed by atoms with van der Waals surface area (Å²) < 4.78 is 1.24. The molecule has 1 amide bonds. The molecule has 1 saturated heterocycles. The second-order valence-electron chi connectivity index (χ2n) is 7.38. The molecule has 0 N–H and O–H groups in total. The maximum atomic E-state index is 12.8. The summed E-state index contributed by atoms with van der Waals surface area (Å²) in [6.45, 7) is 4.98. The Hall–Kier alpha value is -2.87. The molecule has 3 aromatic heterocycles. The zero-order valence-electron chi connectivity index (χ0n) is 16.5. The van der Waals surface area contributed by atoms with Crippen molar-refractivity contribution in [2.24, 2.45) is 0 Å². The Morgan fingerprint density at radius 1 is 1.21 bits per heavy atom. The molecule has 3 aromatic rings. The first-order valence-electron chi connectivity index (χ1n) is 9.71. The molecule has 1 atom stereocenters. The van der Waals surface area contributed by atoms with Crippen LogP contribution in [0.3, 0.4) is 0 Å². The van der Waals surface area contributed by atoms with Crippen molar-refractivity contribution >= 4 is 17.2 Å². The molecule has 8 heteroatoms. The summed E-state index contributed by atoms with van der Waals surface area (Å²) in [6.07, 6.45) is 1.83. The fraction of sp³-hybridized carbons (Fsp3) is 0.381. The van der Waals surface area contributed by atoms with Gasteiger partial charge in [0.25, 0.3) is 5.56 Å². The largest absolute Gasteiger partial charge is 0.340 e. The second-order valence-corrected chi connectivity index (χ2v) is 8.33. The van der Waals surface area contributed by atoms with Crippen LogP contribution in [-0.2, 0) is 11.3 Å². The average Bonchev–Trinajstić information content (AvgIpc) is 3.25. The molecule has 0 bridgehead atoms. The Morgan fingerprint density at radius 3 is 2.86 bits per heavy atom. The molecule has 0 saturated carbocycles. The molecule has 4 heterocycles. The highest BCUT2D eigenvalue weighted by Gasteiger charge is 2.27. The molecule has 1 fully saturated rings. The molecule has 1 aliphatic rings. The monoisotopic (exact) mass is 409 g/mol. The van der Waals surface area contributed by atoms with Gasteiger partial charge in [-0.15, -0.1) is 11.3 Å². The first kappa shape index (κ1) is 19.4. The number of aromatic nitrogens is 4. The number of aryl methyl sites for hydroxylation is 2. The maximum absolute atomic E-state index is 12.8. The molecule has 7 nitrogen and oxygen atoms in total. The summed E-state index contributed by atoms with van der Waals surface area (Å²) in [5.41, 5.74) is 2.31. The zero-order valence-corrected chi connectivity index (χ0v) is 17.4. The van der Waals surface area contributed by atoms with E-state index in [0.717, 1.165) is 34.9 Å². The van der Waals surface area contributed by atoms with Gasteiger partial charge in [0.2, 0.25) is 5.91 Å². The zero-order chi connectivity index (χ0) is 20.4. The number of nitrogens with zero attached hydrogens (tertiary/aromatic N) is 5. The van der Waals surface area contributed by atoms with Crippen molar-refractivity contribution in [2.75, 3.05) is 13.1 Å². The Labute approximate surface area is 173 Å². The minimum absolute atomic E-state index is 0.0393. The van der Waals surface area contributed by atoms with Gasteiger partial charge in [0.15, 0.2) is 0 Å². The van der Waals surface area contributed by atoms with E-state index in [2.05, 4.69) is 16.1 Å². The summed E-state index contributed by atoms with van der Waals surface area (Å²) in [5, 5.41) is 6.21. The molecule has 0 radical (unpaired) electrons. The van der Waals surface area contributed by atoms with E-state index < -0.39 is 0 Å². The second kappa shape index (κ2) is 8.24. The number of likely N-dealkylation sites (tertiary alicyclic amines) is 1. The standard InChI is InChI=1S/C21H23N5O2S/c1-14-7-8-19(27)26(24-14)13-20(28)25-9-3-5-16(12-25)21-22-15(2)11-17(23-21)18-6-4-10-29-18/h4,6-8,10-11,16H,3,5,9,12-13H2,1-2H3. The van der Waals surface area contributed by atoms with Crippen molar-refractivity contribution in [3.8, 4) is 10.6 Å². The van der Waals surface area contributed by atoms with E-state index in [1.165, 1.54) is 10.7 Å². The first-order chi connectivity index (χ1) is 14.0. The van der Waals surface area contributed by atoms with Gasteiger partial charge in [-0.05, 0) is 50.3 Å². The van der Waals surface area contributed by atoms with E-state index in [9.17, 15) is 9.59 Å². The SMILES string of the molecule is Cc1cc(-c2cccs2)nc(C2CCCN(C(=O)Cn3nc(C)ccc3=O)C2)n1. The van der Waals surface area contributed by atoms with Crippen LogP contribution in [-0.4, -0.2) is 43.6 Å². The lowest BCUT2D eigenvalue weighted by Gasteiger charge is -2.32. The summed E-state index contributed by atoms with van der Waals surface area (Å²) in [6, 6.07) is 9.16.